The summed E-state index contributed by atoms with van der Waals surface area (Å²) >= 11 is 0. The van der Waals surface area contributed by atoms with Crippen molar-refractivity contribution in [1.29, 1.82) is 0 Å². The SMILES string of the molecule is C.C.C.C.C.C.CCCCCCC.CN[N+](C)(C)C(O)CC(C)=O.COCC(=O)OCOC(=O)COC.COC[C-]=O.[CH2-]CC.[Cl-].[Y]. The molecule has 0 aromatic carbocycles. The zero-order valence-electron chi connectivity index (χ0n) is 27.1. The molecular weight excluding hydrogens is 709 g/mol. The van der Waals surface area contributed by atoms with Crippen LogP contribution in [0.25, 0.3) is 0 Å². The minimum Gasteiger partial charge on any atom is -1.00 e. The van der Waals surface area contributed by atoms with Crippen LogP contribution in [0.2, 0.25) is 0 Å². The van der Waals surface area contributed by atoms with Crippen LogP contribution in [0, 0.1) is 6.92 Å². The first-order valence-corrected chi connectivity index (χ1v) is 13.0. The number of halogens is 1. The first-order valence-electron chi connectivity index (χ1n) is 13.0. The molecule has 0 fully saturated rings. The standard InChI is InChI=1S/C7H17N2O2.C7H12O6.C7H16.C3H5O2.C3H7.6CH4.ClH.Y/c1-6(10)5-7(11)9(3,4)8-2;1-10-3-6(8)12-5-13-7(9)4-11-2;1-3-5-7-6-4-2;1-5-3-2-4;1-3-2;;;;;;;;/h7-8,11H,5H2,1-4H3;3-5H2,1-2H3;3-7H2,1-2H3;3H2,1H3;1,3H2,2H3;6*1H4;1H;/q+1;;;2*-1;;;;;;;;/p-1. The molecule has 0 amide bonds. The van der Waals surface area contributed by atoms with E-state index in [1.54, 1.807) is 27.4 Å². The zero-order valence-corrected chi connectivity index (χ0v) is 30.7. The van der Waals surface area contributed by atoms with E-state index in [0.717, 1.165) is 6.42 Å². The molecule has 1 atom stereocenters. The van der Waals surface area contributed by atoms with Crippen molar-refractivity contribution in [2.75, 3.05) is 69.1 Å². The largest absolute Gasteiger partial charge is 1.00 e. The molecule has 0 aliphatic carbocycles. The van der Waals surface area contributed by atoms with Gasteiger partial charge in [0.05, 0.1) is 20.5 Å². The number of hydrogen-bond donors (Lipinski definition) is 2. The third-order valence-corrected chi connectivity index (χ3v) is 4.17. The molecule has 0 bridgehead atoms. The number of carbonyl (C=O) groups is 3. The summed E-state index contributed by atoms with van der Waals surface area (Å²) in [4.78, 5) is 41.0. The third-order valence-electron chi connectivity index (χ3n) is 4.17. The second-order valence-corrected chi connectivity index (χ2v) is 8.30. The van der Waals surface area contributed by atoms with Gasteiger partial charge in [0.2, 0.25) is 13.0 Å². The topological polar surface area (TPSA) is 147 Å². The van der Waals surface area contributed by atoms with Crippen molar-refractivity contribution in [1.82, 2.24) is 5.43 Å². The number of ether oxygens (including phenoxy) is 5. The van der Waals surface area contributed by atoms with Gasteiger partial charge in [-0.15, -0.1) is 0 Å². The molecule has 14 heteroatoms. The zero-order chi connectivity index (χ0) is 31.5. The van der Waals surface area contributed by atoms with E-state index in [9.17, 15) is 19.5 Å². The first-order chi connectivity index (χ1) is 18.3. The van der Waals surface area contributed by atoms with Gasteiger partial charge in [0.1, 0.15) is 19.0 Å². The Labute approximate surface area is 325 Å². The molecule has 0 aliphatic rings. The molecule has 0 spiro atoms. The van der Waals surface area contributed by atoms with Gasteiger partial charge in [0.15, 0.2) is 0 Å². The van der Waals surface area contributed by atoms with Crippen LogP contribution in [0.3, 0.4) is 0 Å². The molecule has 1 radical (unpaired) electrons. The van der Waals surface area contributed by atoms with Gasteiger partial charge in [-0.3, -0.25) is 4.79 Å². The van der Waals surface area contributed by atoms with Crippen LogP contribution in [0.5, 0.6) is 0 Å². The summed E-state index contributed by atoms with van der Waals surface area (Å²) in [5, 5.41) is 9.44. The number of quaternary nitrogens is 1. The van der Waals surface area contributed by atoms with E-state index in [1.807, 2.05) is 6.92 Å². The van der Waals surface area contributed by atoms with E-state index < -0.39 is 25.0 Å². The Morgan fingerprint density at radius 3 is 1.34 bits per heavy atom. The van der Waals surface area contributed by atoms with Gasteiger partial charge >= 0.3 is 11.9 Å². The van der Waals surface area contributed by atoms with Crippen molar-refractivity contribution >= 4 is 24.0 Å². The molecule has 0 aromatic rings. The Bertz CT molecular complexity index is 542. The molecular formula is C33H81ClN2O10Y-2. The van der Waals surface area contributed by atoms with Gasteiger partial charge in [-0.05, 0) is 13.5 Å². The van der Waals surface area contributed by atoms with E-state index in [4.69, 9.17) is 4.79 Å². The molecule has 295 valence electrons. The predicted molar refractivity (Wildman–Crippen MR) is 191 cm³/mol. The van der Waals surface area contributed by atoms with Crippen molar-refractivity contribution < 1.29 is 97.7 Å². The maximum atomic E-state index is 10.6. The fourth-order valence-corrected chi connectivity index (χ4v) is 1.85. The van der Waals surface area contributed by atoms with Crippen LogP contribution in [-0.4, -0.2) is 109 Å². The fraction of sp³-hybridized carbons (Fsp3) is 0.848. The van der Waals surface area contributed by atoms with Crippen molar-refractivity contribution in [3.63, 3.8) is 0 Å². The fourth-order valence-electron chi connectivity index (χ4n) is 1.85. The number of ketones is 1. The quantitative estimate of drug-likeness (QED) is 0.0591. The Morgan fingerprint density at radius 2 is 1.15 bits per heavy atom. The van der Waals surface area contributed by atoms with E-state index in [-0.39, 0.29) is 126 Å². The predicted octanol–water partition coefficient (Wildman–Crippen LogP) is 3.59. The van der Waals surface area contributed by atoms with E-state index in [2.05, 4.69) is 49.9 Å². The number of rotatable bonds is 16. The van der Waals surface area contributed by atoms with E-state index >= 15 is 0 Å². The van der Waals surface area contributed by atoms with Crippen LogP contribution in [0.1, 0.15) is 117 Å². The number of aliphatic hydroxyl groups excluding tert-OH is 1. The molecule has 47 heavy (non-hydrogen) atoms. The molecule has 2 N–H and O–H groups in total. The molecule has 0 heterocycles. The van der Waals surface area contributed by atoms with Gasteiger partial charge in [-0.1, -0.05) is 97.4 Å². The smallest absolute Gasteiger partial charge is 0.334 e. The normalized spacial score (nSPS) is 8.60. The summed E-state index contributed by atoms with van der Waals surface area (Å²) in [6, 6.07) is 0. The van der Waals surface area contributed by atoms with Crippen LogP contribution in [0.4, 0.5) is 0 Å². The molecule has 0 aromatic heterocycles. The minimum atomic E-state index is -0.669. The Hall–Kier alpha value is -0.566. The summed E-state index contributed by atoms with van der Waals surface area (Å²) in [5.74, 6) is -1.18. The first kappa shape index (κ1) is 85.7. The van der Waals surface area contributed by atoms with E-state index in [0.29, 0.717) is 0 Å². The number of nitrogens with one attached hydrogen (secondary N) is 1. The van der Waals surface area contributed by atoms with Crippen molar-refractivity contribution in [3.05, 3.63) is 6.92 Å². The van der Waals surface area contributed by atoms with Gasteiger partial charge in [-0.2, -0.15) is 11.8 Å². The van der Waals surface area contributed by atoms with Crippen LogP contribution in [0.15, 0.2) is 0 Å². The number of aliphatic hydroxyl groups is 1. The molecule has 0 rings (SSSR count). The summed E-state index contributed by atoms with van der Waals surface area (Å²) < 4.78 is 22.3. The van der Waals surface area contributed by atoms with Gasteiger partial charge < -0.3 is 52.9 Å². The summed E-state index contributed by atoms with van der Waals surface area (Å²) in [6.45, 7) is 10.8. The van der Waals surface area contributed by atoms with Crippen LogP contribution >= 0.6 is 0 Å². The third kappa shape index (κ3) is 92.5. The Morgan fingerprint density at radius 1 is 0.809 bits per heavy atom. The maximum Gasteiger partial charge on any atom is 0.334 e. The summed E-state index contributed by atoms with van der Waals surface area (Å²) in [5.41, 5.74) is 2.88. The molecule has 0 aliphatic heterocycles. The van der Waals surface area contributed by atoms with Gasteiger partial charge in [0.25, 0.3) is 0 Å². The molecule has 1 unspecified atom stereocenters. The number of methoxy groups -OCH3 is 3. The number of esters is 2. The Balaban J connectivity index is -0.0000000285. The summed E-state index contributed by atoms with van der Waals surface area (Å²) in [6.07, 6.45) is 9.07. The van der Waals surface area contributed by atoms with Crippen molar-refractivity contribution in [3.8, 4) is 0 Å². The summed E-state index contributed by atoms with van der Waals surface area (Å²) in [7, 11) is 9.51. The molecule has 0 saturated carbocycles. The number of nitrogens with zero attached hydrogens (tertiary/aromatic N) is 1. The number of unbranched alkanes of at least 4 members (excludes halogenated alkanes) is 4. The average molecular weight is 790 g/mol. The maximum absolute atomic E-state index is 10.6. The number of carbonyl (C=O) groups excluding carboxylic acids is 4. The van der Waals surface area contributed by atoms with Gasteiger partial charge in [0, 0.05) is 61.1 Å². The molecule has 12 nitrogen and oxygen atoms in total. The van der Waals surface area contributed by atoms with Crippen molar-refractivity contribution in [2.24, 2.45) is 0 Å². The second-order valence-electron chi connectivity index (χ2n) is 8.30. The molecule has 0 saturated heterocycles. The average Bonchev–Trinajstić information content (AvgIpc) is 2.86. The Kier molecular flexibility index (Phi) is 130. The second kappa shape index (κ2) is 71.4. The number of Topliss-reactive ketones (excluding diaryl/α,β-unsaturated/α-hetero) is 1. The monoisotopic (exact) mass is 789 g/mol. The van der Waals surface area contributed by atoms with Crippen LogP contribution < -0.4 is 17.8 Å². The van der Waals surface area contributed by atoms with Crippen molar-refractivity contribution in [2.45, 2.75) is 123 Å². The minimum absolute atomic E-state index is 0. The van der Waals surface area contributed by atoms with Gasteiger partial charge in [-0.25, -0.2) is 20.5 Å². The number of hydrogen-bond acceptors (Lipinski definition) is 11. The van der Waals surface area contributed by atoms with E-state index in [1.165, 1.54) is 60.4 Å². The van der Waals surface area contributed by atoms with Crippen LogP contribution in [-0.2, 0) is 75.6 Å².